The second-order valence-corrected chi connectivity index (χ2v) is 8.94. The lowest BCUT2D eigenvalue weighted by molar-refractivity contribution is -0.126. The number of carbonyl (C=O) groups excluding carboxylic acids is 1. The summed E-state index contributed by atoms with van der Waals surface area (Å²) in [4.78, 5) is 19.1. The van der Waals surface area contributed by atoms with Gasteiger partial charge in [-0.3, -0.25) is 4.79 Å². The van der Waals surface area contributed by atoms with Crippen LogP contribution in [0.1, 0.15) is 31.4 Å². The lowest BCUT2D eigenvalue weighted by atomic mass is 9.95. The van der Waals surface area contributed by atoms with Gasteiger partial charge in [0.2, 0.25) is 15.9 Å². The molecule has 1 saturated heterocycles. The second-order valence-electron chi connectivity index (χ2n) is 6.94. The first-order chi connectivity index (χ1) is 13.2. The number of nitrogens with one attached hydrogen (secondary N) is 1. The standard InChI is InChI=1S/C19H23ClN4O3S/c1-13(14-2-5-17(6-3-14)28(21,26)27)23-19(25)15-8-10-24(11-9-15)18-7-4-16(20)12-22-18/h2-7,12-13,15H,8-11H2,1H3,(H,23,25)(H2,21,26,27). The lowest BCUT2D eigenvalue weighted by Gasteiger charge is -2.32. The first-order valence-electron chi connectivity index (χ1n) is 9.03. The van der Waals surface area contributed by atoms with E-state index < -0.39 is 10.0 Å². The molecule has 1 aliphatic rings. The summed E-state index contributed by atoms with van der Waals surface area (Å²) >= 11 is 5.88. The Hall–Kier alpha value is -2.16. The van der Waals surface area contributed by atoms with E-state index in [0.29, 0.717) is 5.02 Å². The van der Waals surface area contributed by atoms with Crippen LogP contribution in [0.15, 0.2) is 47.5 Å². The minimum absolute atomic E-state index is 0.00624. The highest BCUT2D eigenvalue weighted by Crippen LogP contribution is 2.24. The molecule has 1 aromatic carbocycles. The normalized spacial score (nSPS) is 16.6. The SMILES string of the molecule is CC(NC(=O)C1CCN(c2ccc(Cl)cn2)CC1)c1ccc(S(N)(=O)=O)cc1. The zero-order valence-corrected chi connectivity index (χ0v) is 17.1. The number of nitrogens with zero attached hydrogens (tertiary/aromatic N) is 2. The molecular formula is C19H23ClN4O3S. The molecule has 0 saturated carbocycles. The molecule has 1 aromatic heterocycles. The molecule has 1 aliphatic heterocycles. The molecule has 150 valence electrons. The van der Waals surface area contributed by atoms with Gasteiger partial charge in [0.15, 0.2) is 0 Å². The maximum absolute atomic E-state index is 12.6. The highest BCUT2D eigenvalue weighted by atomic mass is 35.5. The smallest absolute Gasteiger partial charge is 0.238 e. The first-order valence-corrected chi connectivity index (χ1v) is 11.0. The van der Waals surface area contributed by atoms with Gasteiger partial charge in [0.1, 0.15) is 5.82 Å². The molecule has 1 unspecified atom stereocenters. The van der Waals surface area contributed by atoms with E-state index in [0.717, 1.165) is 37.3 Å². The van der Waals surface area contributed by atoms with Gasteiger partial charge in [-0.25, -0.2) is 18.5 Å². The summed E-state index contributed by atoms with van der Waals surface area (Å²) in [5, 5.41) is 8.73. The predicted octanol–water partition coefficient (Wildman–Crippen LogP) is 2.48. The monoisotopic (exact) mass is 422 g/mol. The van der Waals surface area contributed by atoms with Crippen molar-refractivity contribution in [2.24, 2.45) is 11.1 Å². The molecule has 3 rings (SSSR count). The van der Waals surface area contributed by atoms with Crippen LogP contribution in [0.3, 0.4) is 0 Å². The Bertz CT molecular complexity index is 925. The number of halogens is 1. The lowest BCUT2D eigenvalue weighted by Crippen LogP contribution is -2.41. The van der Waals surface area contributed by atoms with Gasteiger partial charge >= 0.3 is 0 Å². The van der Waals surface area contributed by atoms with Crippen LogP contribution in [-0.2, 0) is 14.8 Å². The van der Waals surface area contributed by atoms with Crippen molar-refractivity contribution < 1.29 is 13.2 Å². The number of hydrogen-bond donors (Lipinski definition) is 2. The molecule has 28 heavy (non-hydrogen) atoms. The van der Waals surface area contributed by atoms with Crippen LogP contribution in [0.2, 0.25) is 5.02 Å². The number of rotatable bonds is 5. The van der Waals surface area contributed by atoms with E-state index in [-0.39, 0.29) is 22.8 Å². The van der Waals surface area contributed by atoms with Gasteiger partial charge in [0, 0.05) is 25.2 Å². The fourth-order valence-corrected chi connectivity index (χ4v) is 3.91. The molecule has 9 heteroatoms. The van der Waals surface area contributed by atoms with Gasteiger partial charge in [-0.05, 0) is 49.6 Å². The quantitative estimate of drug-likeness (QED) is 0.769. The number of anilines is 1. The molecule has 2 aromatic rings. The van der Waals surface area contributed by atoms with Crippen molar-refractivity contribution in [3.8, 4) is 0 Å². The average Bonchev–Trinajstić information content (AvgIpc) is 2.68. The van der Waals surface area contributed by atoms with Gasteiger partial charge in [-0.15, -0.1) is 0 Å². The van der Waals surface area contributed by atoms with E-state index in [1.807, 2.05) is 19.1 Å². The number of hydrogen-bond acceptors (Lipinski definition) is 5. The molecule has 2 heterocycles. The molecule has 0 radical (unpaired) electrons. The second kappa shape index (κ2) is 8.46. The Kier molecular flexibility index (Phi) is 6.22. The maximum atomic E-state index is 12.6. The molecule has 7 nitrogen and oxygen atoms in total. The molecule has 0 aliphatic carbocycles. The Morgan fingerprint density at radius 2 is 1.86 bits per heavy atom. The topological polar surface area (TPSA) is 105 Å². The average molecular weight is 423 g/mol. The van der Waals surface area contributed by atoms with Crippen LogP contribution in [0.25, 0.3) is 0 Å². The summed E-state index contributed by atoms with van der Waals surface area (Å²) in [6, 6.07) is 9.70. The number of sulfonamides is 1. The summed E-state index contributed by atoms with van der Waals surface area (Å²) in [5.74, 6) is 0.813. The number of nitrogens with two attached hydrogens (primary N) is 1. The van der Waals surface area contributed by atoms with Gasteiger partial charge in [0.25, 0.3) is 0 Å². The van der Waals surface area contributed by atoms with Crippen molar-refractivity contribution in [2.75, 3.05) is 18.0 Å². The van der Waals surface area contributed by atoms with Crippen LogP contribution in [0.5, 0.6) is 0 Å². The molecule has 1 fully saturated rings. The largest absolute Gasteiger partial charge is 0.357 e. The molecular weight excluding hydrogens is 400 g/mol. The van der Waals surface area contributed by atoms with Gasteiger partial charge in [-0.1, -0.05) is 23.7 Å². The van der Waals surface area contributed by atoms with Crippen molar-refractivity contribution in [1.82, 2.24) is 10.3 Å². The fraction of sp³-hybridized carbons (Fsp3) is 0.368. The number of benzene rings is 1. The molecule has 1 atom stereocenters. The zero-order valence-electron chi connectivity index (χ0n) is 15.5. The Morgan fingerprint density at radius 1 is 1.21 bits per heavy atom. The number of piperidine rings is 1. The Balaban J connectivity index is 1.54. The number of pyridine rings is 1. The Labute approximate surface area is 169 Å². The third-order valence-corrected chi connectivity index (χ3v) is 6.12. The van der Waals surface area contributed by atoms with Crippen LogP contribution in [-0.4, -0.2) is 32.4 Å². The molecule has 3 N–H and O–H groups in total. The molecule has 0 bridgehead atoms. The summed E-state index contributed by atoms with van der Waals surface area (Å²) in [5.41, 5.74) is 0.823. The van der Waals surface area contributed by atoms with Crippen LogP contribution in [0.4, 0.5) is 5.82 Å². The summed E-state index contributed by atoms with van der Waals surface area (Å²) in [7, 11) is -3.72. The molecule has 1 amide bonds. The molecule has 0 spiro atoms. The third-order valence-electron chi connectivity index (χ3n) is 4.97. The third kappa shape index (κ3) is 5.01. The predicted molar refractivity (Wildman–Crippen MR) is 109 cm³/mol. The van der Waals surface area contributed by atoms with Crippen molar-refractivity contribution >= 4 is 33.3 Å². The number of carbonyl (C=O) groups is 1. The van der Waals surface area contributed by atoms with Crippen LogP contribution < -0.4 is 15.4 Å². The summed E-state index contributed by atoms with van der Waals surface area (Å²) < 4.78 is 22.7. The van der Waals surface area contributed by atoms with E-state index >= 15 is 0 Å². The fourth-order valence-electron chi connectivity index (χ4n) is 3.29. The van der Waals surface area contributed by atoms with Gasteiger partial charge < -0.3 is 10.2 Å². The highest BCUT2D eigenvalue weighted by molar-refractivity contribution is 7.89. The number of amides is 1. The van der Waals surface area contributed by atoms with Crippen molar-refractivity contribution in [3.05, 3.63) is 53.2 Å². The number of aromatic nitrogens is 1. The van der Waals surface area contributed by atoms with Crippen molar-refractivity contribution in [1.29, 1.82) is 0 Å². The van der Waals surface area contributed by atoms with Crippen molar-refractivity contribution in [3.63, 3.8) is 0 Å². The Morgan fingerprint density at radius 3 is 2.39 bits per heavy atom. The number of primary sulfonamides is 1. The summed E-state index contributed by atoms with van der Waals surface area (Å²) in [6.45, 7) is 3.38. The maximum Gasteiger partial charge on any atom is 0.238 e. The summed E-state index contributed by atoms with van der Waals surface area (Å²) in [6.07, 6.45) is 3.11. The van der Waals surface area contributed by atoms with Gasteiger partial charge in [0.05, 0.1) is 16.0 Å². The van der Waals surface area contributed by atoms with Crippen molar-refractivity contribution in [2.45, 2.75) is 30.7 Å². The van der Waals surface area contributed by atoms with E-state index in [4.69, 9.17) is 16.7 Å². The van der Waals surface area contributed by atoms with Crippen LogP contribution in [0, 0.1) is 5.92 Å². The van der Waals surface area contributed by atoms with Gasteiger partial charge in [-0.2, -0.15) is 0 Å². The van der Waals surface area contributed by atoms with E-state index in [1.54, 1.807) is 18.3 Å². The van der Waals surface area contributed by atoms with Crippen LogP contribution >= 0.6 is 11.6 Å². The van der Waals surface area contributed by atoms with E-state index in [9.17, 15) is 13.2 Å². The highest BCUT2D eigenvalue weighted by Gasteiger charge is 2.26. The van der Waals surface area contributed by atoms with E-state index in [1.165, 1.54) is 12.1 Å². The minimum Gasteiger partial charge on any atom is -0.357 e. The zero-order chi connectivity index (χ0) is 20.3. The van der Waals surface area contributed by atoms with E-state index in [2.05, 4.69) is 15.2 Å². The minimum atomic E-state index is -3.72. The first kappa shape index (κ1) is 20.6.